The molecule has 19 heavy (non-hydrogen) atoms. The van der Waals surface area contributed by atoms with Gasteiger partial charge in [-0.05, 0) is 18.6 Å². The molecule has 0 aliphatic rings. The number of hydrogen-bond acceptors (Lipinski definition) is 6. The third-order valence-corrected chi connectivity index (χ3v) is 2.71. The summed E-state index contributed by atoms with van der Waals surface area (Å²) in [6, 6.07) is 5.34. The van der Waals surface area contributed by atoms with E-state index in [1.165, 1.54) is 0 Å². The van der Waals surface area contributed by atoms with Crippen molar-refractivity contribution in [2.24, 2.45) is 0 Å². The van der Waals surface area contributed by atoms with Crippen LogP contribution < -0.4 is 10.5 Å². The van der Waals surface area contributed by atoms with Crippen molar-refractivity contribution in [2.75, 3.05) is 26.6 Å². The van der Waals surface area contributed by atoms with Crippen LogP contribution in [0.25, 0.3) is 11.5 Å². The Bertz CT molecular complexity index is 540. The van der Waals surface area contributed by atoms with Crippen LogP contribution in [0.3, 0.4) is 0 Å². The number of anilines is 1. The average molecular weight is 263 g/mol. The maximum Gasteiger partial charge on any atom is 0.260 e. The molecule has 0 amide bonds. The molecular weight excluding hydrogens is 246 g/mol. The second-order valence-electron chi connectivity index (χ2n) is 4.07. The van der Waals surface area contributed by atoms with Gasteiger partial charge >= 0.3 is 0 Å². The highest BCUT2D eigenvalue weighted by Gasteiger charge is 2.12. The number of nitrogens with zero attached hydrogens (tertiary/aromatic N) is 2. The minimum Gasteiger partial charge on any atom is -0.497 e. The zero-order valence-electron chi connectivity index (χ0n) is 11.0. The van der Waals surface area contributed by atoms with Crippen molar-refractivity contribution in [3.63, 3.8) is 0 Å². The fourth-order valence-electron chi connectivity index (χ4n) is 1.70. The van der Waals surface area contributed by atoms with Crippen LogP contribution >= 0.6 is 0 Å². The summed E-state index contributed by atoms with van der Waals surface area (Å²) in [7, 11) is 3.26. The second kappa shape index (κ2) is 6.19. The van der Waals surface area contributed by atoms with Gasteiger partial charge in [-0.25, -0.2) is 0 Å². The Morgan fingerprint density at radius 2 is 2.16 bits per heavy atom. The lowest BCUT2D eigenvalue weighted by molar-refractivity contribution is 0.194. The van der Waals surface area contributed by atoms with E-state index in [0.717, 1.165) is 6.42 Å². The molecule has 0 aliphatic heterocycles. The molecule has 0 atom stereocenters. The van der Waals surface area contributed by atoms with E-state index in [1.807, 2.05) is 0 Å². The zero-order valence-corrected chi connectivity index (χ0v) is 11.0. The van der Waals surface area contributed by atoms with Gasteiger partial charge in [0.2, 0.25) is 0 Å². The normalized spacial score (nSPS) is 10.6. The van der Waals surface area contributed by atoms with E-state index in [2.05, 4.69) is 10.1 Å². The molecule has 0 spiro atoms. The minimum absolute atomic E-state index is 0.424. The SMILES string of the molecule is COCCCc1noc(-c2ccc(OC)cc2N)n1. The fraction of sp³-hybridized carbons (Fsp3) is 0.385. The van der Waals surface area contributed by atoms with Crippen LogP contribution in [0, 0.1) is 0 Å². The smallest absolute Gasteiger partial charge is 0.260 e. The number of aromatic nitrogens is 2. The van der Waals surface area contributed by atoms with Gasteiger partial charge in [-0.1, -0.05) is 5.16 Å². The zero-order chi connectivity index (χ0) is 13.7. The highest BCUT2D eigenvalue weighted by Crippen LogP contribution is 2.28. The molecule has 102 valence electrons. The van der Waals surface area contributed by atoms with E-state index in [4.69, 9.17) is 19.7 Å². The van der Waals surface area contributed by atoms with Gasteiger partial charge in [0.05, 0.1) is 12.7 Å². The second-order valence-corrected chi connectivity index (χ2v) is 4.07. The third-order valence-electron chi connectivity index (χ3n) is 2.71. The van der Waals surface area contributed by atoms with E-state index >= 15 is 0 Å². The summed E-state index contributed by atoms with van der Waals surface area (Å²) in [5.41, 5.74) is 7.19. The van der Waals surface area contributed by atoms with Crippen LogP contribution in [-0.4, -0.2) is 31.0 Å². The predicted molar refractivity (Wildman–Crippen MR) is 70.9 cm³/mol. The molecule has 0 aliphatic carbocycles. The lowest BCUT2D eigenvalue weighted by Gasteiger charge is -2.03. The molecule has 0 radical (unpaired) electrons. The Kier molecular flexibility index (Phi) is 4.35. The summed E-state index contributed by atoms with van der Waals surface area (Å²) in [6.07, 6.45) is 1.57. The molecule has 0 fully saturated rings. The summed E-state index contributed by atoms with van der Waals surface area (Å²) in [5.74, 6) is 1.77. The van der Waals surface area contributed by atoms with Gasteiger partial charge in [-0.3, -0.25) is 0 Å². The topological polar surface area (TPSA) is 83.4 Å². The largest absolute Gasteiger partial charge is 0.497 e. The number of ether oxygens (including phenoxy) is 2. The lowest BCUT2D eigenvalue weighted by atomic mass is 10.1. The maximum absolute atomic E-state index is 5.93. The van der Waals surface area contributed by atoms with E-state index in [9.17, 15) is 0 Å². The summed E-state index contributed by atoms with van der Waals surface area (Å²) in [4.78, 5) is 4.31. The summed E-state index contributed by atoms with van der Waals surface area (Å²) < 4.78 is 15.3. The fourth-order valence-corrected chi connectivity index (χ4v) is 1.70. The average Bonchev–Trinajstić information content (AvgIpc) is 2.87. The van der Waals surface area contributed by atoms with Gasteiger partial charge < -0.3 is 19.7 Å². The number of aryl methyl sites for hydroxylation is 1. The Hall–Kier alpha value is -2.08. The van der Waals surface area contributed by atoms with Crippen LogP contribution in [0.15, 0.2) is 22.7 Å². The molecule has 0 saturated carbocycles. The van der Waals surface area contributed by atoms with E-state index < -0.39 is 0 Å². The first-order valence-corrected chi connectivity index (χ1v) is 6.00. The number of hydrogen-bond donors (Lipinski definition) is 1. The number of methoxy groups -OCH3 is 2. The summed E-state index contributed by atoms with van der Waals surface area (Å²) >= 11 is 0. The maximum atomic E-state index is 5.93. The van der Waals surface area contributed by atoms with Crippen molar-refractivity contribution in [2.45, 2.75) is 12.8 Å². The molecule has 1 aromatic carbocycles. The Morgan fingerprint density at radius 3 is 2.84 bits per heavy atom. The van der Waals surface area contributed by atoms with Crippen LogP contribution in [0.5, 0.6) is 5.75 Å². The van der Waals surface area contributed by atoms with E-state index in [0.29, 0.717) is 41.7 Å². The minimum atomic E-state index is 0.424. The van der Waals surface area contributed by atoms with Gasteiger partial charge in [-0.15, -0.1) is 0 Å². The third kappa shape index (κ3) is 3.23. The number of rotatable bonds is 6. The molecule has 6 heteroatoms. The first-order valence-electron chi connectivity index (χ1n) is 6.00. The summed E-state index contributed by atoms with van der Waals surface area (Å²) in [5, 5.41) is 3.92. The molecule has 1 aromatic heterocycles. The highest BCUT2D eigenvalue weighted by molar-refractivity contribution is 5.71. The molecule has 0 bridgehead atoms. The lowest BCUT2D eigenvalue weighted by Crippen LogP contribution is -1.95. The molecule has 2 rings (SSSR count). The molecular formula is C13H17N3O3. The van der Waals surface area contributed by atoms with Gasteiger partial charge in [-0.2, -0.15) is 4.98 Å². The Balaban J connectivity index is 2.13. The van der Waals surface area contributed by atoms with E-state index in [-0.39, 0.29) is 0 Å². The standard InChI is InChI=1S/C13H17N3O3/c1-17-7-3-4-12-15-13(19-16-12)10-6-5-9(18-2)8-11(10)14/h5-6,8H,3-4,7,14H2,1-2H3. The first-order chi connectivity index (χ1) is 9.24. The molecule has 1 heterocycles. The Labute approximate surface area is 111 Å². The van der Waals surface area contributed by atoms with Crippen LogP contribution in [0.4, 0.5) is 5.69 Å². The van der Waals surface area contributed by atoms with Gasteiger partial charge in [0, 0.05) is 31.9 Å². The van der Waals surface area contributed by atoms with Crippen molar-refractivity contribution < 1.29 is 14.0 Å². The van der Waals surface area contributed by atoms with Crippen LogP contribution in [-0.2, 0) is 11.2 Å². The monoisotopic (exact) mass is 263 g/mol. The molecule has 2 aromatic rings. The number of nitrogens with two attached hydrogens (primary N) is 1. The van der Waals surface area contributed by atoms with Crippen molar-refractivity contribution in [3.05, 3.63) is 24.0 Å². The van der Waals surface area contributed by atoms with Gasteiger partial charge in [0.15, 0.2) is 5.82 Å². The Morgan fingerprint density at radius 1 is 1.32 bits per heavy atom. The van der Waals surface area contributed by atoms with Gasteiger partial charge in [0.25, 0.3) is 5.89 Å². The number of nitrogen functional groups attached to an aromatic ring is 1. The molecule has 2 N–H and O–H groups in total. The van der Waals surface area contributed by atoms with Crippen molar-refractivity contribution in [1.29, 1.82) is 0 Å². The highest BCUT2D eigenvalue weighted by atomic mass is 16.5. The molecule has 0 unspecified atom stereocenters. The molecule has 6 nitrogen and oxygen atoms in total. The van der Waals surface area contributed by atoms with Crippen LogP contribution in [0.2, 0.25) is 0 Å². The van der Waals surface area contributed by atoms with Crippen molar-refractivity contribution >= 4 is 5.69 Å². The van der Waals surface area contributed by atoms with Crippen molar-refractivity contribution in [1.82, 2.24) is 10.1 Å². The van der Waals surface area contributed by atoms with Crippen LogP contribution in [0.1, 0.15) is 12.2 Å². The quantitative estimate of drug-likeness (QED) is 0.633. The number of benzene rings is 1. The van der Waals surface area contributed by atoms with Crippen molar-refractivity contribution in [3.8, 4) is 17.2 Å². The van der Waals surface area contributed by atoms with E-state index in [1.54, 1.807) is 32.4 Å². The van der Waals surface area contributed by atoms with Gasteiger partial charge in [0.1, 0.15) is 5.75 Å². The predicted octanol–water partition coefficient (Wildman–Crippen LogP) is 1.91. The molecule has 0 saturated heterocycles. The first kappa shape index (κ1) is 13.4. The summed E-state index contributed by atoms with van der Waals surface area (Å²) in [6.45, 7) is 0.675.